The molecular weight excluding hydrogens is 250 g/mol. The second-order valence-corrected chi connectivity index (χ2v) is 6.54. The van der Waals surface area contributed by atoms with Gasteiger partial charge in [-0.1, -0.05) is 12.1 Å². The minimum Gasteiger partial charge on any atom is -0.295 e. The highest BCUT2D eigenvalue weighted by Crippen LogP contribution is 2.33. The van der Waals surface area contributed by atoms with Gasteiger partial charge in [-0.25, -0.2) is 13.1 Å². The molecule has 1 aliphatic rings. The van der Waals surface area contributed by atoms with Crippen molar-refractivity contribution < 1.29 is 13.2 Å². The lowest BCUT2D eigenvalue weighted by atomic mass is 10.2. The molecule has 0 radical (unpaired) electrons. The van der Waals surface area contributed by atoms with Crippen LogP contribution in [0.1, 0.15) is 37.0 Å². The Morgan fingerprint density at radius 2 is 1.83 bits per heavy atom. The van der Waals surface area contributed by atoms with E-state index in [1.807, 2.05) is 6.92 Å². The molecule has 18 heavy (non-hydrogen) atoms. The van der Waals surface area contributed by atoms with E-state index in [0.29, 0.717) is 11.5 Å². The number of benzene rings is 1. The molecule has 0 saturated heterocycles. The number of rotatable bonds is 5. The molecule has 1 aliphatic carbocycles. The van der Waals surface area contributed by atoms with Crippen LogP contribution in [-0.4, -0.2) is 20.2 Å². The third-order valence-corrected chi connectivity index (χ3v) is 4.82. The fourth-order valence-electron chi connectivity index (χ4n) is 1.87. The van der Waals surface area contributed by atoms with Crippen molar-refractivity contribution in [2.75, 3.05) is 0 Å². The molecule has 98 valence electrons. The number of sulfonamides is 1. The number of hydrogen-bond acceptors (Lipinski definition) is 3. The highest BCUT2D eigenvalue weighted by Gasteiger charge is 2.31. The van der Waals surface area contributed by atoms with Crippen LogP contribution >= 0.6 is 0 Å². The summed E-state index contributed by atoms with van der Waals surface area (Å²) >= 11 is 0. The Morgan fingerprint density at radius 3 is 2.28 bits per heavy atom. The molecule has 0 aliphatic heterocycles. The van der Waals surface area contributed by atoms with Crippen LogP contribution in [0.2, 0.25) is 0 Å². The van der Waals surface area contributed by atoms with Crippen molar-refractivity contribution in [2.45, 2.75) is 37.6 Å². The van der Waals surface area contributed by atoms with E-state index < -0.39 is 10.0 Å². The maximum Gasteiger partial charge on any atom is 0.240 e. The summed E-state index contributed by atoms with van der Waals surface area (Å²) in [5.74, 6) is 0.398. The number of Topliss-reactive ketones (excluding diaryl/α,β-unsaturated/α-hetero) is 1. The minimum atomic E-state index is -3.47. The van der Waals surface area contributed by atoms with Gasteiger partial charge in [0.05, 0.1) is 4.90 Å². The van der Waals surface area contributed by atoms with Gasteiger partial charge in [-0.15, -0.1) is 0 Å². The van der Waals surface area contributed by atoms with Gasteiger partial charge in [-0.3, -0.25) is 4.79 Å². The average molecular weight is 267 g/mol. The largest absolute Gasteiger partial charge is 0.295 e. The van der Waals surface area contributed by atoms with Gasteiger partial charge in [0.15, 0.2) is 5.78 Å². The number of ketones is 1. The van der Waals surface area contributed by atoms with E-state index in [2.05, 4.69) is 4.72 Å². The second-order valence-electron chi connectivity index (χ2n) is 4.83. The molecular formula is C13H17NO3S. The van der Waals surface area contributed by atoms with Crippen molar-refractivity contribution in [3.05, 3.63) is 29.8 Å². The van der Waals surface area contributed by atoms with E-state index in [4.69, 9.17) is 0 Å². The Labute approximate surface area is 107 Å². The van der Waals surface area contributed by atoms with Crippen LogP contribution in [0.5, 0.6) is 0 Å². The zero-order valence-corrected chi connectivity index (χ0v) is 11.3. The highest BCUT2D eigenvalue weighted by molar-refractivity contribution is 7.89. The second kappa shape index (κ2) is 4.82. The molecule has 1 atom stereocenters. The molecule has 0 bridgehead atoms. The van der Waals surface area contributed by atoms with Gasteiger partial charge < -0.3 is 0 Å². The number of nitrogens with one attached hydrogen (secondary N) is 1. The number of carbonyl (C=O) groups is 1. The first-order valence-corrected chi connectivity index (χ1v) is 7.52. The Hall–Kier alpha value is -1.20. The first-order chi connectivity index (χ1) is 8.40. The lowest BCUT2D eigenvalue weighted by molar-refractivity contribution is 0.101. The van der Waals surface area contributed by atoms with Gasteiger partial charge in [-0.2, -0.15) is 0 Å². The van der Waals surface area contributed by atoms with Crippen LogP contribution in [0.3, 0.4) is 0 Å². The zero-order chi connectivity index (χ0) is 13.3. The van der Waals surface area contributed by atoms with Gasteiger partial charge in [0.1, 0.15) is 0 Å². The summed E-state index contributed by atoms with van der Waals surface area (Å²) in [5.41, 5.74) is 0.518. The van der Waals surface area contributed by atoms with Gasteiger partial charge in [0.2, 0.25) is 10.0 Å². The maximum atomic E-state index is 12.1. The van der Waals surface area contributed by atoms with Crippen molar-refractivity contribution in [3.63, 3.8) is 0 Å². The van der Waals surface area contributed by atoms with Crippen LogP contribution < -0.4 is 4.72 Å². The molecule has 1 unspecified atom stereocenters. The summed E-state index contributed by atoms with van der Waals surface area (Å²) < 4.78 is 26.8. The van der Waals surface area contributed by atoms with Crippen LogP contribution in [0.4, 0.5) is 0 Å². The molecule has 0 amide bonds. The van der Waals surface area contributed by atoms with Crippen molar-refractivity contribution in [3.8, 4) is 0 Å². The van der Waals surface area contributed by atoms with Gasteiger partial charge >= 0.3 is 0 Å². The van der Waals surface area contributed by atoms with E-state index in [1.54, 1.807) is 12.1 Å². The number of hydrogen-bond donors (Lipinski definition) is 1. The summed E-state index contributed by atoms with van der Waals surface area (Å²) in [5, 5.41) is 0. The molecule has 0 spiro atoms. The molecule has 5 heteroatoms. The minimum absolute atomic E-state index is 0.0255. The van der Waals surface area contributed by atoms with E-state index in [0.717, 1.165) is 12.8 Å². The van der Waals surface area contributed by atoms with Crippen LogP contribution in [0, 0.1) is 5.92 Å². The molecule has 1 fully saturated rings. The molecule has 1 N–H and O–H groups in total. The average Bonchev–Trinajstić information content (AvgIpc) is 3.12. The van der Waals surface area contributed by atoms with Crippen molar-refractivity contribution >= 4 is 15.8 Å². The summed E-state index contributed by atoms with van der Waals surface area (Å²) in [6, 6.07) is 6.00. The molecule has 0 aromatic heterocycles. The first kappa shape index (κ1) is 13.2. The number of carbonyl (C=O) groups excluding carboxylic acids is 1. The molecule has 1 aromatic rings. The highest BCUT2D eigenvalue weighted by atomic mass is 32.2. The first-order valence-electron chi connectivity index (χ1n) is 6.03. The Morgan fingerprint density at radius 1 is 1.28 bits per heavy atom. The van der Waals surface area contributed by atoms with Crippen LogP contribution in [-0.2, 0) is 10.0 Å². The normalized spacial score (nSPS) is 17.4. The van der Waals surface area contributed by atoms with E-state index in [-0.39, 0.29) is 16.7 Å². The quantitative estimate of drug-likeness (QED) is 0.830. The fraction of sp³-hybridized carbons (Fsp3) is 0.462. The van der Waals surface area contributed by atoms with E-state index in [1.165, 1.54) is 19.1 Å². The predicted molar refractivity (Wildman–Crippen MR) is 69.0 cm³/mol. The molecule has 0 heterocycles. The summed E-state index contributed by atoms with van der Waals surface area (Å²) in [6.45, 7) is 3.34. The lowest BCUT2D eigenvalue weighted by Crippen LogP contribution is -2.34. The van der Waals surface area contributed by atoms with Gasteiger partial charge in [-0.05, 0) is 44.7 Å². The SMILES string of the molecule is CC(=O)c1ccc(S(=O)(=O)NC(C)C2CC2)cc1. The third-order valence-electron chi connectivity index (χ3n) is 3.24. The smallest absolute Gasteiger partial charge is 0.240 e. The topological polar surface area (TPSA) is 63.2 Å². The fourth-order valence-corrected chi connectivity index (χ4v) is 3.19. The molecule has 1 saturated carbocycles. The predicted octanol–water partition coefficient (Wildman–Crippen LogP) is 1.97. The molecule has 2 rings (SSSR count). The van der Waals surface area contributed by atoms with E-state index >= 15 is 0 Å². The zero-order valence-electron chi connectivity index (χ0n) is 10.5. The third kappa shape index (κ3) is 2.97. The summed E-state index contributed by atoms with van der Waals surface area (Å²) in [4.78, 5) is 11.3. The lowest BCUT2D eigenvalue weighted by Gasteiger charge is -2.13. The van der Waals surface area contributed by atoms with E-state index in [9.17, 15) is 13.2 Å². The Kier molecular flexibility index (Phi) is 3.54. The Balaban J connectivity index is 2.15. The van der Waals surface area contributed by atoms with Crippen LogP contribution in [0.25, 0.3) is 0 Å². The molecule has 4 nitrogen and oxygen atoms in total. The summed E-state index contributed by atoms with van der Waals surface area (Å²) in [7, 11) is -3.47. The Bertz CT molecular complexity index is 544. The van der Waals surface area contributed by atoms with Crippen molar-refractivity contribution in [1.29, 1.82) is 0 Å². The van der Waals surface area contributed by atoms with Crippen molar-refractivity contribution in [2.24, 2.45) is 5.92 Å². The van der Waals surface area contributed by atoms with Gasteiger partial charge in [0, 0.05) is 11.6 Å². The van der Waals surface area contributed by atoms with Crippen LogP contribution in [0.15, 0.2) is 29.2 Å². The standard InChI is InChI=1S/C13H17NO3S/c1-9(11-3-4-11)14-18(16,17)13-7-5-12(6-8-13)10(2)15/h5-9,11,14H,3-4H2,1-2H3. The molecule has 1 aromatic carbocycles. The monoisotopic (exact) mass is 267 g/mol. The van der Waals surface area contributed by atoms with Crippen molar-refractivity contribution in [1.82, 2.24) is 4.72 Å². The summed E-state index contributed by atoms with van der Waals surface area (Å²) in [6.07, 6.45) is 2.18. The van der Waals surface area contributed by atoms with Gasteiger partial charge in [0.25, 0.3) is 0 Å². The maximum absolute atomic E-state index is 12.1.